The zero-order valence-electron chi connectivity index (χ0n) is 11.9. The second-order valence-corrected chi connectivity index (χ2v) is 5.16. The summed E-state index contributed by atoms with van der Waals surface area (Å²) in [5.41, 5.74) is -0.470. The summed E-state index contributed by atoms with van der Waals surface area (Å²) in [5, 5.41) is 0.633. The molecule has 0 spiro atoms. The summed E-state index contributed by atoms with van der Waals surface area (Å²) in [6.07, 6.45) is -4.43. The van der Waals surface area contributed by atoms with Crippen LogP contribution in [-0.4, -0.2) is 4.98 Å². The topological polar surface area (TPSA) is 56.2 Å². The Morgan fingerprint density at radius 2 is 1.62 bits per heavy atom. The molecule has 0 atom stereocenters. The Bertz CT molecular complexity index is 1110. The SMILES string of the molecule is O=c1oc(-c2ccc(C(F)(F)F)cc2)nc2c1oc1ccccc12. The Morgan fingerprint density at radius 3 is 2.33 bits per heavy atom. The lowest BCUT2D eigenvalue weighted by molar-refractivity contribution is -0.137. The minimum Gasteiger partial charge on any atom is -0.447 e. The van der Waals surface area contributed by atoms with Crippen LogP contribution in [0, 0.1) is 0 Å². The van der Waals surface area contributed by atoms with Crippen LogP contribution >= 0.6 is 0 Å². The number of halogens is 3. The van der Waals surface area contributed by atoms with E-state index in [0.29, 0.717) is 16.5 Å². The Labute approximate surface area is 132 Å². The lowest BCUT2D eigenvalue weighted by Crippen LogP contribution is -2.04. The average molecular weight is 331 g/mol. The molecule has 7 heteroatoms. The van der Waals surface area contributed by atoms with E-state index in [9.17, 15) is 18.0 Å². The predicted octanol–water partition coefficient (Wildman–Crippen LogP) is 4.62. The molecule has 0 bridgehead atoms. The summed E-state index contributed by atoms with van der Waals surface area (Å²) in [6.45, 7) is 0. The van der Waals surface area contributed by atoms with Crippen LogP contribution in [0.25, 0.3) is 33.5 Å². The van der Waals surface area contributed by atoms with Gasteiger partial charge in [-0.1, -0.05) is 12.1 Å². The molecule has 120 valence electrons. The summed E-state index contributed by atoms with van der Waals surface area (Å²) in [5.74, 6) is -0.0622. The number of hydrogen-bond donors (Lipinski definition) is 0. The van der Waals surface area contributed by atoms with E-state index in [-0.39, 0.29) is 17.0 Å². The molecule has 0 aliphatic carbocycles. The number of hydrogen-bond acceptors (Lipinski definition) is 4. The Morgan fingerprint density at radius 1 is 0.917 bits per heavy atom. The average Bonchev–Trinajstić information content (AvgIpc) is 2.94. The van der Waals surface area contributed by atoms with Crippen molar-refractivity contribution in [3.63, 3.8) is 0 Å². The highest BCUT2D eigenvalue weighted by molar-refractivity contribution is 6.02. The molecule has 24 heavy (non-hydrogen) atoms. The van der Waals surface area contributed by atoms with E-state index in [2.05, 4.69) is 4.98 Å². The van der Waals surface area contributed by atoms with E-state index >= 15 is 0 Å². The van der Waals surface area contributed by atoms with Crippen LogP contribution in [0.5, 0.6) is 0 Å². The van der Waals surface area contributed by atoms with Crippen LogP contribution in [-0.2, 0) is 6.18 Å². The van der Waals surface area contributed by atoms with Gasteiger partial charge in [0.2, 0.25) is 11.5 Å². The molecule has 2 aromatic heterocycles. The summed E-state index contributed by atoms with van der Waals surface area (Å²) >= 11 is 0. The molecule has 0 saturated carbocycles. The van der Waals surface area contributed by atoms with Crippen molar-refractivity contribution in [2.45, 2.75) is 6.18 Å². The molecular weight excluding hydrogens is 323 g/mol. The summed E-state index contributed by atoms with van der Waals surface area (Å²) in [6, 6.07) is 11.2. The van der Waals surface area contributed by atoms with Crippen LogP contribution < -0.4 is 5.63 Å². The smallest absolute Gasteiger partial charge is 0.416 e. The quantitative estimate of drug-likeness (QED) is 0.511. The molecule has 4 nitrogen and oxygen atoms in total. The molecule has 2 heterocycles. The van der Waals surface area contributed by atoms with Gasteiger partial charge >= 0.3 is 11.8 Å². The highest BCUT2D eigenvalue weighted by atomic mass is 19.4. The van der Waals surface area contributed by atoms with E-state index in [1.54, 1.807) is 24.3 Å². The van der Waals surface area contributed by atoms with Crippen LogP contribution in [0.1, 0.15) is 5.56 Å². The number of fused-ring (bicyclic) bond motifs is 3. The molecule has 0 amide bonds. The number of benzene rings is 2. The van der Waals surface area contributed by atoms with Crippen LogP contribution in [0.15, 0.2) is 62.2 Å². The lowest BCUT2D eigenvalue weighted by Gasteiger charge is -2.06. The van der Waals surface area contributed by atoms with Crippen LogP contribution in [0.4, 0.5) is 13.2 Å². The van der Waals surface area contributed by atoms with Gasteiger partial charge in [0, 0.05) is 10.9 Å². The molecule has 0 radical (unpaired) electrons. The first kappa shape index (κ1) is 14.5. The molecular formula is C17H8F3NO3. The van der Waals surface area contributed by atoms with Crippen molar-refractivity contribution in [1.29, 1.82) is 0 Å². The molecule has 4 rings (SSSR count). The Kier molecular flexibility index (Phi) is 2.99. The van der Waals surface area contributed by atoms with Gasteiger partial charge in [0.25, 0.3) is 0 Å². The van der Waals surface area contributed by atoms with Crippen molar-refractivity contribution in [3.05, 3.63) is 64.5 Å². The standard InChI is InChI=1S/C17H8F3NO3/c18-17(19,20)10-7-5-9(6-8-10)15-21-13-11-3-1-2-4-12(11)23-14(13)16(22)24-15/h1-8H. The zero-order chi connectivity index (χ0) is 16.9. The molecule has 0 unspecified atom stereocenters. The van der Waals surface area contributed by atoms with E-state index < -0.39 is 17.4 Å². The second kappa shape index (κ2) is 4.95. The number of rotatable bonds is 1. The van der Waals surface area contributed by atoms with Crippen molar-refractivity contribution in [2.24, 2.45) is 0 Å². The maximum Gasteiger partial charge on any atom is 0.416 e. The van der Waals surface area contributed by atoms with Gasteiger partial charge in [-0.05, 0) is 36.4 Å². The Balaban J connectivity index is 1.91. The molecule has 0 N–H and O–H groups in total. The summed E-state index contributed by atoms with van der Waals surface area (Å²) in [7, 11) is 0. The van der Waals surface area contributed by atoms with Gasteiger partial charge in [-0.25, -0.2) is 9.78 Å². The monoisotopic (exact) mass is 331 g/mol. The maximum atomic E-state index is 12.6. The minimum atomic E-state index is -4.43. The molecule has 0 saturated heterocycles. The maximum absolute atomic E-state index is 12.6. The van der Waals surface area contributed by atoms with Crippen molar-refractivity contribution < 1.29 is 22.0 Å². The predicted molar refractivity (Wildman–Crippen MR) is 80.5 cm³/mol. The van der Waals surface area contributed by atoms with Gasteiger partial charge in [0.15, 0.2) is 0 Å². The number of nitrogens with zero attached hydrogens (tertiary/aromatic N) is 1. The van der Waals surface area contributed by atoms with E-state index in [1.807, 2.05) is 0 Å². The second-order valence-electron chi connectivity index (χ2n) is 5.16. The summed E-state index contributed by atoms with van der Waals surface area (Å²) in [4.78, 5) is 16.3. The lowest BCUT2D eigenvalue weighted by atomic mass is 10.1. The first-order valence-electron chi connectivity index (χ1n) is 6.93. The van der Waals surface area contributed by atoms with Gasteiger partial charge in [-0.2, -0.15) is 13.2 Å². The van der Waals surface area contributed by atoms with E-state index in [4.69, 9.17) is 8.83 Å². The third kappa shape index (κ3) is 2.25. The minimum absolute atomic E-state index is 0.0214. The van der Waals surface area contributed by atoms with Gasteiger partial charge < -0.3 is 8.83 Å². The van der Waals surface area contributed by atoms with Gasteiger partial charge in [0.05, 0.1) is 5.56 Å². The first-order valence-corrected chi connectivity index (χ1v) is 6.93. The van der Waals surface area contributed by atoms with Gasteiger partial charge in [-0.3, -0.25) is 0 Å². The normalized spacial score (nSPS) is 12.1. The van der Waals surface area contributed by atoms with Crippen molar-refractivity contribution >= 4 is 22.1 Å². The number of furan rings is 1. The van der Waals surface area contributed by atoms with Gasteiger partial charge in [-0.15, -0.1) is 0 Å². The van der Waals surface area contributed by atoms with Crippen molar-refractivity contribution in [1.82, 2.24) is 4.98 Å². The molecule has 0 aliphatic heterocycles. The van der Waals surface area contributed by atoms with Crippen LogP contribution in [0.2, 0.25) is 0 Å². The first-order chi connectivity index (χ1) is 11.4. The number of aromatic nitrogens is 1. The van der Waals surface area contributed by atoms with Gasteiger partial charge in [0.1, 0.15) is 11.1 Å². The van der Waals surface area contributed by atoms with E-state index in [1.165, 1.54) is 12.1 Å². The molecule has 4 aromatic rings. The fourth-order valence-electron chi connectivity index (χ4n) is 2.47. The van der Waals surface area contributed by atoms with Crippen LogP contribution in [0.3, 0.4) is 0 Å². The molecule has 2 aromatic carbocycles. The van der Waals surface area contributed by atoms with E-state index in [0.717, 1.165) is 12.1 Å². The molecule has 0 fully saturated rings. The number of alkyl halides is 3. The molecule has 0 aliphatic rings. The summed E-state index contributed by atoms with van der Waals surface area (Å²) < 4.78 is 48.4. The fourth-order valence-corrected chi connectivity index (χ4v) is 2.47. The largest absolute Gasteiger partial charge is 0.447 e. The Hall–Kier alpha value is -3.09. The third-order valence-corrected chi connectivity index (χ3v) is 3.62. The highest BCUT2D eigenvalue weighted by Crippen LogP contribution is 2.31. The highest BCUT2D eigenvalue weighted by Gasteiger charge is 2.30. The van der Waals surface area contributed by atoms with Crippen molar-refractivity contribution in [2.75, 3.05) is 0 Å². The fraction of sp³-hybridized carbons (Fsp3) is 0.0588. The van der Waals surface area contributed by atoms with Crippen molar-refractivity contribution in [3.8, 4) is 11.5 Å². The third-order valence-electron chi connectivity index (χ3n) is 3.62. The zero-order valence-corrected chi connectivity index (χ0v) is 11.9. The number of para-hydroxylation sites is 1.